The van der Waals surface area contributed by atoms with Crippen molar-refractivity contribution in [2.75, 3.05) is 0 Å². The molecular formula is C6H9N. The molecular weight excluding hydrogens is 86.1 g/mol. The van der Waals surface area contributed by atoms with E-state index in [9.17, 15) is 0 Å². The highest BCUT2D eigenvalue weighted by Gasteiger charge is 1.89. The van der Waals surface area contributed by atoms with Crippen LogP contribution in [0.3, 0.4) is 0 Å². The maximum Gasteiger partial charge on any atom is 0.00834 e. The molecule has 2 N–H and O–H groups in total. The Labute approximate surface area is 43.5 Å². The fourth-order valence-electron chi connectivity index (χ4n) is 0.621. The summed E-state index contributed by atoms with van der Waals surface area (Å²) in [6.45, 7) is 0. The molecule has 0 atom stereocenters. The van der Waals surface area contributed by atoms with Gasteiger partial charge < -0.3 is 5.73 Å². The van der Waals surface area contributed by atoms with Crippen LogP contribution in [0, 0.1) is 0 Å². The predicted octanol–water partition coefficient (Wildman–Crippen LogP) is 1.18. The van der Waals surface area contributed by atoms with Crippen LogP contribution in [-0.4, -0.2) is 0 Å². The quantitative estimate of drug-likeness (QED) is 0.480. The summed E-state index contributed by atoms with van der Waals surface area (Å²) in [5, 5.41) is 0. The molecule has 0 saturated heterocycles. The van der Waals surface area contributed by atoms with E-state index in [1.807, 2.05) is 12.2 Å². The van der Waals surface area contributed by atoms with Crippen LogP contribution in [0.4, 0.5) is 0 Å². The monoisotopic (exact) mass is 95.1 g/mol. The predicted molar refractivity (Wildman–Crippen MR) is 30.6 cm³/mol. The first kappa shape index (κ1) is 4.44. The smallest absolute Gasteiger partial charge is 0.00834 e. The Kier molecular flexibility index (Phi) is 1.16. The van der Waals surface area contributed by atoms with Crippen LogP contribution in [0.15, 0.2) is 23.9 Å². The molecule has 0 fully saturated rings. The van der Waals surface area contributed by atoms with Gasteiger partial charge in [0.1, 0.15) is 0 Å². The average Bonchev–Trinajstić information content (AvgIpc) is 1.69. The molecule has 0 aromatic rings. The fourth-order valence-corrected chi connectivity index (χ4v) is 0.621. The van der Waals surface area contributed by atoms with Gasteiger partial charge in [-0.1, -0.05) is 12.2 Å². The maximum atomic E-state index is 5.44. The lowest BCUT2D eigenvalue weighted by Crippen LogP contribution is -1.97. The van der Waals surface area contributed by atoms with E-state index < -0.39 is 0 Å². The third-order valence-corrected chi connectivity index (χ3v) is 1.05. The van der Waals surface area contributed by atoms with Crippen LogP contribution in [0.5, 0.6) is 0 Å². The van der Waals surface area contributed by atoms with Crippen LogP contribution in [-0.2, 0) is 0 Å². The van der Waals surface area contributed by atoms with Gasteiger partial charge in [0.05, 0.1) is 0 Å². The summed E-state index contributed by atoms with van der Waals surface area (Å²) in [4.78, 5) is 0. The minimum Gasteiger partial charge on any atom is -0.402 e. The molecule has 0 aromatic carbocycles. The lowest BCUT2D eigenvalue weighted by Gasteiger charge is -1.99. The minimum absolute atomic E-state index is 1.00. The average molecular weight is 95.1 g/mol. The Hall–Kier alpha value is -0.720. The van der Waals surface area contributed by atoms with Crippen molar-refractivity contribution in [3.05, 3.63) is 23.9 Å². The van der Waals surface area contributed by atoms with E-state index in [0.29, 0.717) is 0 Å². The molecule has 1 rings (SSSR count). The topological polar surface area (TPSA) is 26.0 Å². The second-order valence-electron chi connectivity index (χ2n) is 1.71. The Morgan fingerprint density at radius 2 is 2.43 bits per heavy atom. The van der Waals surface area contributed by atoms with Gasteiger partial charge in [-0.3, -0.25) is 0 Å². The fraction of sp³-hybridized carbons (Fsp3) is 0.333. The first-order chi connectivity index (χ1) is 3.39. The second kappa shape index (κ2) is 1.82. The largest absolute Gasteiger partial charge is 0.402 e. The highest BCUT2D eigenvalue weighted by molar-refractivity contribution is 5.14. The lowest BCUT2D eigenvalue weighted by atomic mass is 10.1. The van der Waals surface area contributed by atoms with Crippen molar-refractivity contribution in [1.82, 2.24) is 0 Å². The van der Waals surface area contributed by atoms with E-state index in [1.165, 1.54) is 0 Å². The molecule has 38 valence electrons. The molecule has 1 heteroatoms. The number of hydrogen-bond donors (Lipinski definition) is 1. The molecule has 0 aromatic heterocycles. The molecule has 0 unspecified atom stereocenters. The normalized spacial score (nSPS) is 19.1. The second-order valence-corrected chi connectivity index (χ2v) is 1.71. The number of rotatable bonds is 0. The Morgan fingerprint density at radius 3 is 2.71 bits per heavy atom. The maximum absolute atomic E-state index is 5.44. The van der Waals surface area contributed by atoms with Gasteiger partial charge in [-0.05, 0) is 18.9 Å². The van der Waals surface area contributed by atoms with Gasteiger partial charge in [-0.25, -0.2) is 0 Å². The molecule has 0 radical (unpaired) electrons. The molecule has 0 bridgehead atoms. The van der Waals surface area contributed by atoms with Gasteiger partial charge in [0.25, 0.3) is 0 Å². The molecule has 1 aliphatic rings. The summed E-state index contributed by atoms with van der Waals surface area (Å²) < 4.78 is 0. The molecule has 1 nitrogen and oxygen atoms in total. The van der Waals surface area contributed by atoms with E-state index in [1.54, 1.807) is 0 Å². The van der Waals surface area contributed by atoms with Crippen LogP contribution in [0.1, 0.15) is 12.8 Å². The van der Waals surface area contributed by atoms with Crippen molar-refractivity contribution in [2.45, 2.75) is 12.8 Å². The van der Waals surface area contributed by atoms with Gasteiger partial charge in [0.2, 0.25) is 0 Å². The van der Waals surface area contributed by atoms with Crippen LogP contribution < -0.4 is 5.73 Å². The van der Waals surface area contributed by atoms with Crippen molar-refractivity contribution < 1.29 is 0 Å². The van der Waals surface area contributed by atoms with Crippen LogP contribution in [0.25, 0.3) is 0 Å². The molecule has 0 spiro atoms. The van der Waals surface area contributed by atoms with Crippen molar-refractivity contribution in [3.63, 3.8) is 0 Å². The minimum atomic E-state index is 1.00. The van der Waals surface area contributed by atoms with E-state index >= 15 is 0 Å². The standard InChI is InChI=1S/C6H9N/c7-6-4-2-1-3-5-6/h1-2,4H,3,5,7H2. The zero-order chi connectivity index (χ0) is 5.11. The number of allylic oxidation sites excluding steroid dienone is 4. The summed E-state index contributed by atoms with van der Waals surface area (Å²) in [5.74, 6) is 0. The Balaban J connectivity index is 2.57. The van der Waals surface area contributed by atoms with Crippen molar-refractivity contribution >= 4 is 0 Å². The Bertz CT molecular complexity index is 111. The van der Waals surface area contributed by atoms with Crippen molar-refractivity contribution in [2.24, 2.45) is 5.73 Å². The first-order valence-electron chi connectivity index (χ1n) is 2.51. The molecule has 1 aliphatic carbocycles. The highest BCUT2D eigenvalue weighted by Crippen LogP contribution is 2.04. The number of nitrogens with two attached hydrogens (primary N) is 1. The third kappa shape index (κ3) is 1.07. The van der Waals surface area contributed by atoms with Gasteiger partial charge in [0.15, 0.2) is 0 Å². The van der Waals surface area contributed by atoms with E-state index in [0.717, 1.165) is 18.5 Å². The molecule has 0 heterocycles. The zero-order valence-electron chi connectivity index (χ0n) is 4.22. The van der Waals surface area contributed by atoms with Crippen molar-refractivity contribution in [3.8, 4) is 0 Å². The summed E-state index contributed by atoms with van der Waals surface area (Å²) >= 11 is 0. The van der Waals surface area contributed by atoms with Gasteiger partial charge >= 0.3 is 0 Å². The summed E-state index contributed by atoms with van der Waals surface area (Å²) in [6.07, 6.45) is 8.22. The van der Waals surface area contributed by atoms with Gasteiger partial charge in [-0.2, -0.15) is 0 Å². The molecule has 0 aliphatic heterocycles. The van der Waals surface area contributed by atoms with Crippen molar-refractivity contribution in [1.29, 1.82) is 0 Å². The first-order valence-corrected chi connectivity index (χ1v) is 2.51. The van der Waals surface area contributed by atoms with E-state index in [-0.39, 0.29) is 0 Å². The SMILES string of the molecule is NC1=CC=CCC1. The van der Waals surface area contributed by atoms with E-state index in [2.05, 4.69) is 6.08 Å². The van der Waals surface area contributed by atoms with Crippen LogP contribution in [0.2, 0.25) is 0 Å². The Morgan fingerprint density at radius 1 is 1.57 bits per heavy atom. The van der Waals surface area contributed by atoms with E-state index in [4.69, 9.17) is 5.73 Å². The van der Waals surface area contributed by atoms with Crippen LogP contribution >= 0.6 is 0 Å². The molecule has 0 saturated carbocycles. The van der Waals surface area contributed by atoms with Gasteiger partial charge in [0, 0.05) is 5.70 Å². The summed E-state index contributed by atoms with van der Waals surface area (Å²) in [5.41, 5.74) is 6.45. The number of hydrogen-bond acceptors (Lipinski definition) is 1. The lowest BCUT2D eigenvalue weighted by molar-refractivity contribution is 0.944. The molecule has 0 amide bonds. The third-order valence-electron chi connectivity index (χ3n) is 1.05. The molecule has 7 heavy (non-hydrogen) atoms. The summed E-state index contributed by atoms with van der Waals surface area (Å²) in [7, 11) is 0. The highest BCUT2D eigenvalue weighted by atomic mass is 14.6. The van der Waals surface area contributed by atoms with Gasteiger partial charge in [-0.15, -0.1) is 0 Å². The zero-order valence-corrected chi connectivity index (χ0v) is 4.22. The summed E-state index contributed by atoms with van der Waals surface area (Å²) in [6, 6.07) is 0.